The molecule has 7 heterocycles. The van der Waals surface area contributed by atoms with Crippen LogP contribution in [0.5, 0.6) is 5.75 Å². The molecule has 3 N–H and O–H groups in total. The van der Waals surface area contributed by atoms with Gasteiger partial charge in [-0.15, -0.1) is 81.3 Å². The van der Waals surface area contributed by atoms with E-state index in [9.17, 15) is 18.0 Å². The Labute approximate surface area is 725 Å². The molecule has 0 saturated heterocycles. The molecule has 11 rings (SSSR count). The lowest BCUT2D eigenvalue weighted by molar-refractivity contribution is -0.145. The fourth-order valence-electron chi connectivity index (χ4n) is 10.5. The van der Waals surface area contributed by atoms with Gasteiger partial charge in [-0.05, 0) is 251 Å². The summed E-state index contributed by atoms with van der Waals surface area (Å²) >= 11 is 23.4. The summed E-state index contributed by atoms with van der Waals surface area (Å²) in [6.45, 7) is 23.0. The molecule has 0 amide bonds. The molecule has 11 aromatic rings. The van der Waals surface area contributed by atoms with Crippen LogP contribution in [0.25, 0.3) is 33.4 Å². The number of benzene rings is 4. The number of nitrogens with two attached hydrogens (primary N) is 1. The number of hydrogen-bond donors (Lipinski definition) is 2. The van der Waals surface area contributed by atoms with Gasteiger partial charge in [0.25, 0.3) is 0 Å². The molecule has 0 aliphatic rings. The number of nitrogens with zero attached hydrogens (tertiary/aromatic N) is 3. The number of carbonyl (C=O) groups is 2. The van der Waals surface area contributed by atoms with Crippen LogP contribution >= 0.6 is 159 Å². The number of thioether (sulfide) groups is 2. The number of hydrogen-bond acceptors (Lipinski definition) is 22. The molecule has 12 nitrogen and oxygen atoms in total. The van der Waals surface area contributed by atoms with Gasteiger partial charge in [0.1, 0.15) is 15.0 Å². The second-order valence-corrected chi connectivity index (χ2v) is 39.8. The van der Waals surface area contributed by atoms with Crippen molar-refractivity contribution < 1.29 is 37.2 Å². The summed E-state index contributed by atoms with van der Waals surface area (Å²) in [5, 5.41) is 27.4. The summed E-state index contributed by atoms with van der Waals surface area (Å²) in [5.74, 6) is 3.10. The molecule has 2 atom stereocenters. The molecule has 599 valence electrons. The predicted octanol–water partition coefficient (Wildman–Crippen LogP) is 26.9. The first-order valence-corrected chi connectivity index (χ1v) is 49.5. The smallest absolute Gasteiger partial charge is 0.537 e. The Kier molecular flexibility index (Phi) is 48.3. The highest BCUT2D eigenvalue weighted by atomic mass is 79.9. The van der Waals surface area contributed by atoms with E-state index in [0.29, 0.717) is 61.2 Å². The van der Waals surface area contributed by atoms with Crippen LogP contribution < -0.4 is 10.4 Å². The highest BCUT2D eigenvalue weighted by Crippen LogP contribution is 2.38. The van der Waals surface area contributed by atoms with Crippen molar-refractivity contribution in [3.8, 4) is 39.1 Å². The largest absolute Gasteiger partial charge is 0.569 e. The van der Waals surface area contributed by atoms with Crippen LogP contribution in [0.3, 0.4) is 0 Å². The molecule has 0 bridgehead atoms. The molecule has 0 spiro atoms. The normalized spacial score (nSPS) is 11.3. The average Bonchev–Trinajstić information content (AvgIpc) is 1.77. The van der Waals surface area contributed by atoms with Gasteiger partial charge in [-0.1, -0.05) is 154 Å². The molecule has 0 fully saturated rings. The predicted molar refractivity (Wildman–Crippen MR) is 491 cm³/mol. The van der Waals surface area contributed by atoms with Crippen LogP contribution in [0.15, 0.2) is 195 Å². The molecule has 0 aliphatic carbocycles. The summed E-state index contributed by atoms with van der Waals surface area (Å²) in [7, 11) is -2.90. The van der Waals surface area contributed by atoms with Crippen LogP contribution in [0.1, 0.15) is 171 Å². The molecule has 27 heteroatoms. The number of thiophene rings is 4. The number of esters is 2. The SMILES string of the molecule is CCCCC(CC)COC(=O)CCSc1cc(Br)cc(CC)c1.CCCCC(CC)COC(=O)CCSc1cc(CC)cc(-c2ccsc2)c1.CCc1cc(-c2ccsc2)cc(S(=O)(=O)c2cnc(CN)s2)c1.CCc1cc(Sc2cnc(CC)s2)cc(-c2ccsc2)c1.CCc1ncc(Br)s1.Cl.O[B]Oc1ccsc1. The molecule has 7 aromatic heterocycles. The molecular formula is C84H105BBr2ClN4O8S11. The molecule has 111 heavy (non-hydrogen) atoms. The van der Waals surface area contributed by atoms with Gasteiger partial charge in [0, 0.05) is 42.6 Å². The van der Waals surface area contributed by atoms with Crippen LogP contribution in [-0.2, 0) is 74.0 Å². The van der Waals surface area contributed by atoms with Crippen molar-refractivity contribution in [2.75, 3.05) is 24.7 Å². The molecule has 1 radical (unpaired) electrons. The van der Waals surface area contributed by atoms with Crippen LogP contribution in [0.4, 0.5) is 0 Å². The highest BCUT2D eigenvalue weighted by molar-refractivity contribution is 9.11. The molecule has 2 unspecified atom stereocenters. The van der Waals surface area contributed by atoms with Crippen molar-refractivity contribution in [3.05, 3.63) is 204 Å². The maximum Gasteiger partial charge on any atom is 0.569 e. The van der Waals surface area contributed by atoms with Gasteiger partial charge in [-0.25, -0.2) is 23.4 Å². The number of carbonyl (C=O) groups excluding carboxylic acids is 2. The van der Waals surface area contributed by atoms with Crippen molar-refractivity contribution in [1.29, 1.82) is 0 Å². The van der Waals surface area contributed by atoms with Crippen LogP contribution in [0, 0.1) is 11.8 Å². The molecule has 0 saturated carbocycles. The van der Waals surface area contributed by atoms with Crippen molar-refractivity contribution in [1.82, 2.24) is 15.0 Å². The molecule has 4 aromatic carbocycles. The van der Waals surface area contributed by atoms with E-state index in [0.717, 1.165) is 112 Å². The Hall–Kier alpha value is -4.46. The average molecular weight is 1860 g/mol. The van der Waals surface area contributed by atoms with E-state index in [2.05, 4.69) is 202 Å². The third-order valence-electron chi connectivity index (χ3n) is 17.1. The first-order valence-electron chi connectivity index (χ1n) is 37.5. The van der Waals surface area contributed by atoms with E-state index >= 15 is 0 Å². The van der Waals surface area contributed by atoms with Crippen LogP contribution in [-0.4, -0.2) is 72.7 Å². The van der Waals surface area contributed by atoms with Crippen molar-refractivity contribution in [3.63, 3.8) is 0 Å². The molecule has 0 aliphatic heterocycles. The van der Waals surface area contributed by atoms with E-state index in [1.807, 2.05) is 59.4 Å². The first kappa shape index (κ1) is 97.1. The van der Waals surface area contributed by atoms with E-state index in [4.69, 9.17) is 20.2 Å². The van der Waals surface area contributed by atoms with Gasteiger partial charge in [0.15, 0.2) is 0 Å². The van der Waals surface area contributed by atoms with E-state index in [-0.39, 0.29) is 35.1 Å². The lowest BCUT2D eigenvalue weighted by Crippen LogP contribution is -2.14. The van der Waals surface area contributed by atoms with Crippen molar-refractivity contribution in [2.45, 2.75) is 207 Å². The zero-order valence-corrected chi connectivity index (χ0v) is 78.0. The Balaban J connectivity index is 0.000000247. The van der Waals surface area contributed by atoms with E-state index < -0.39 is 9.84 Å². The van der Waals surface area contributed by atoms with Gasteiger partial charge < -0.3 is 24.9 Å². The minimum absolute atomic E-state index is 0. The minimum Gasteiger partial charge on any atom is -0.537 e. The minimum atomic E-state index is -3.57. The summed E-state index contributed by atoms with van der Waals surface area (Å²) in [4.78, 5) is 40.6. The topological polar surface area (TPSA) is 181 Å². The third-order valence-corrected chi connectivity index (χ3v) is 29.2. The fourth-order valence-corrected chi connectivity index (χ4v) is 21.5. The lowest BCUT2D eigenvalue weighted by Gasteiger charge is -2.14. The number of unbranched alkanes of at least 4 members (excludes halogenated alkanes) is 2. The Morgan fingerprint density at radius 3 is 1.41 bits per heavy atom. The van der Waals surface area contributed by atoms with E-state index in [1.165, 1.54) is 111 Å². The standard InChI is InChI=1S/C23H32O2S2.C19H29BrO2S.C17H17NS3.C16H16N2O2S3.C5H6BrNS.C4H4BO2S.ClH/c1-4-7-8-18(5-2)16-25-23(24)10-12-27-22-14-19(6-3)13-21(15-22)20-9-11-26-17-20;1-4-7-8-15(5-2)14-22-19(21)9-10-23-18-12-16(6-3)11-17(20)13-18;1-3-12-7-14(13-5-6-19-11-13)9-15(8-12)20-17-10-18-16(4-2)21-17;1-2-11-5-13(12-3-4-21-10-12)7-14(6-11)23(19,20)16-9-18-15(8-17)22-16;1-2-5-7-3-4(6)8-5;6-5-7-4-1-2-8-3-4;/h9,11,13-15,17-18H,4-8,10,12,16H2,1-3H3;11-13,15H,4-10,14H2,1-3H3;5-11H,3-4H2,1-2H3;3-7,9-10H,2,8,17H2,1H3;3H,2H2,1H3;1-3,6H;1H. The number of ether oxygens (including phenoxy) is 2. The number of thiazole rings is 3. The van der Waals surface area contributed by atoms with Crippen molar-refractivity contribution in [2.24, 2.45) is 17.6 Å². The summed E-state index contributed by atoms with van der Waals surface area (Å²) < 4.78 is 45.0. The zero-order chi connectivity index (χ0) is 79.5. The maximum atomic E-state index is 12.9. The number of sulfone groups is 1. The second-order valence-electron chi connectivity index (χ2n) is 25.1. The number of halogens is 3. The van der Waals surface area contributed by atoms with Gasteiger partial charge in [-0.3, -0.25) is 9.59 Å². The number of aromatic nitrogens is 3. The highest BCUT2D eigenvalue weighted by Gasteiger charge is 2.23. The zero-order valence-electron chi connectivity index (χ0n) is 65.0. The van der Waals surface area contributed by atoms with Gasteiger partial charge >= 0.3 is 19.6 Å². The monoisotopic (exact) mass is 1850 g/mol. The number of aryl methyl sites for hydroxylation is 6. The van der Waals surface area contributed by atoms with Gasteiger partial charge in [-0.2, -0.15) is 34.0 Å². The van der Waals surface area contributed by atoms with E-state index in [1.54, 1.807) is 104 Å². The Morgan fingerprint density at radius 1 is 0.523 bits per heavy atom. The summed E-state index contributed by atoms with van der Waals surface area (Å²) in [6, 6.07) is 33.7. The Morgan fingerprint density at radius 2 is 0.982 bits per heavy atom. The summed E-state index contributed by atoms with van der Waals surface area (Å²) in [6.07, 6.45) is 21.4. The van der Waals surface area contributed by atoms with Crippen molar-refractivity contribution >= 4 is 188 Å². The summed E-state index contributed by atoms with van der Waals surface area (Å²) in [5.41, 5.74) is 17.7. The van der Waals surface area contributed by atoms with Gasteiger partial charge in [0.2, 0.25) is 9.84 Å². The van der Waals surface area contributed by atoms with Gasteiger partial charge in [0.05, 0.1) is 67.6 Å². The first-order chi connectivity index (χ1) is 53.3. The van der Waals surface area contributed by atoms with Crippen LogP contribution in [0.2, 0.25) is 0 Å². The number of rotatable bonds is 36. The second kappa shape index (κ2) is 55.2. The Bertz CT molecular complexity index is 4480. The molecular weight excluding hydrogens is 1750 g/mol. The lowest BCUT2D eigenvalue weighted by atomic mass is 10.0. The maximum absolute atomic E-state index is 12.9. The fraction of sp³-hybridized carbons (Fsp3) is 0.393. The quantitative estimate of drug-likeness (QED) is 0.0215. The third kappa shape index (κ3) is 35.9.